The SMILES string of the molecule is COC(c1cc(C(=O)Nc2cc([C@H]3C[C@@H](OC(=O)NC4(C)CC4)CO3)nn2C(C)(C)C)n(C)n1)C(F)(F)F. The van der Waals surface area contributed by atoms with Gasteiger partial charge in [0, 0.05) is 32.2 Å². The third-order valence-electron chi connectivity index (χ3n) is 6.51. The number of ether oxygens (including phenoxy) is 3. The maximum atomic E-state index is 13.3. The molecule has 2 aromatic heterocycles. The summed E-state index contributed by atoms with van der Waals surface area (Å²) in [6.07, 6.45) is -6.12. The number of nitrogens with one attached hydrogen (secondary N) is 2. The quantitative estimate of drug-likeness (QED) is 0.543. The number of nitrogens with zero attached hydrogens (tertiary/aromatic N) is 4. The highest BCUT2D eigenvalue weighted by Crippen LogP contribution is 2.37. The van der Waals surface area contributed by atoms with E-state index in [-0.39, 0.29) is 17.8 Å². The summed E-state index contributed by atoms with van der Waals surface area (Å²) < 4.78 is 58.4. The van der Waals surface area contributed by atoms with Crippen molar-refractivity contribution in [2.45, 2.75) is 82.5 Å². The van der Waals surface area contributed by atoms with Crippen LogP contribution < -0.4 is 10.6 Å². The summed E-state index contributed by atoms with van der Waals surface area (Å²) in [5.41, 5.74) is -0.735. The van der Waals surface area contributed by atoms with Gasteiger partial charge in [0.2, 0.25) is 0 Å². The molecule has 2 aliphatic rings. The van der Waals surface area contributed by atoms with Crippen LogP contribution in [-0.4, -0.2) is 63.1 Å². The van der Waals surface area contributed by atoms with Gasteiger partial charge in [0.25, 0.3) is 5.91 Å². The van der Waals surface area contributed by atoms with E-state index in [0.717, 1.165) is 30.7 Å². The summed E-state index contributed by atoms with van der Waals surface area (Å²) >= 11 is 0. The minimum absolute atomic E-state index is 0.0875. The first-order valence-electron chi connectivity index (χ1n) is 12.3. The van der Waals surface area contributed by atoms with Gasteiger partial charge in [-0.15, -0.1) is 0 Å². The Hall–Kier alpha value is -3.13. The van der Waals surface area contributed by atoms with Gasteiger partial charge in [0.1, 0.15) is 29.4 Å². The van der Waals surface area contributed by atoms with Gasteiger partial charge in [0.15, 0.2) is 6.10 Å². The molecule has 1 saturated carbocycles. The lowest BCUT2D eigenvalue weighted by atomic mass is 10.1. The van der Waals surface area contributed by atoms with E-state index in [1.807, 2.05) is 27.7 Å². The van der Waals surface area contributed by atoms with Crippen LogP contribution >= 0.6 is 0 Å². The number of hydrogen-bond donors (Lipinski definition) is 2. The van der Waals surface area contributed by atoms with Crippen LogP contribution in [0, 0.1) is 0 Å². The van der Waals surface area contributed by atoms with Crippen LogP contribution in [0.15, 0.2) is 12.1 Å². The molecule has 0 radical (unpaired) electrons. The average molecular weight is 543 g/mol. The molecule has 0 bridgehead atoms. The summed E-state index contributed by atoms with van der Waals surface area (Å²) in [6.45, 7) is 7.82. The summed E-state index contributed by atoms with van der Waals surface area (Å²) in [5.74, 6) is -0.342. The predicted octanol–water partition coefficient (Wildman–Crippen LogP) is 3.98. The summed E-state index contributed by atoms with van der Waals surface area (Å²) in [4.78, 5) is 25.2. The molecule has 3 atom stereocenters. The van der Waals surface area contributed by atoms with E-state index < -0.39 is 47.7 Å². The number of carbonyl (C=O) groups is 2. The Bertz CT molecular complexity index is 1200. The molecule has 210 valence electrons. The van der Waals surface area contributed by atoms with E-state index in [9.17, 15) is 22.8 Å². The molecule has 1 saturated heterocycles. The highest BCUT2D eigenvalue weighted by Gasteiger charge is 2.43. The van der Waals surface area contributed by atoms with Crippen molar-refractivity contribution in [3.05, 3.63) is 29.2 Å². The van der Waals surface area contributed by atoms with Crippen LogP contribution in [0.2, 0.25) is 0 Å². The highest BCUT2D eigenvalue weighted by molar-refractivity contribution is 6.02. The predicted molar refractivity (Wildman–Crippen MR) is 129 cm³/mol. The third kappa shape index (κ3) is 6.12. The number of alkyl carbamates (subject to hydrolysis) is 1. The van der Waals surface area contributed by atoms with E-state index in [1.54, 1.807) is 10.7 Å². The van der Waals surface area contributed by atoms with Crippen molar-refractivity contribution in [2.24, 2.45) is 7.05 Å². The molecule has 0 spiro atoms. The first-order valence-corrected chi connectivity index (χ1v) is 12.3. The Morgan fingerprint density at radius 1 is 1.21 bits per heavy atom. The van der Waals surface area contributed by atoms with Gasteiger partial charge in [-0.1, -0.05) is 0 Å². The fourth-order valence-corrected chi connectivity index (χ4v) is 4.22. The summed E-state index contributed by atoms with van der Waals surface area (Å²) in [5, 5.41) is 14.0. The maximum Gasteiger partial charge on any atom is 0.420 e. The van der Waals surface area contributed by atoms with E-state index in [0.29, 0.717) is 17.9 Å². The van der Waals surface area contributed by atoms with Gasteiger partial charge in [-0.25, -0.2) is 9.48 Å². The number of aryl methyl sites for hydroxylation is 1. The molecule has 2 N–H and O–H groups in total. The van der Waals surface area contributed by atoms with Gasteiger partial charge in [-0.2, -0.15) is 23.4 Å². The Kier molecular flexibility index (Phi) is 7.25. The normalized spacial score (nSPS) is 21.7. The van der Waals surface area contributed by atoms with Crippen molar-refractivity contribution < 1.29 is 37.0 Å². The largest absolute Gasteiger partial charge is 0.444 e. The molecule has 3 heterocycles. The average Bonchev–Trinajstić information content (AvgIpc) is 3.14. The molecule has 1 aliphatic heterocycles. The van der Waals surface area contributed by atoms with Crippen LogP contribution in [0.1, 0.15) is 81.0 Å². The fraction of sp³-hybridized carbons (Fsp3) is 0.667. The number of anilines is 1. The molecular formula is C24H33F3N6O5. The van der Waals surface area contributed by atoms with Crippen molar-refractivity contribution in [2.75, 3.05) is 19.0 Å². The third-order valence-corrected chi connectivity index (χ3v) is 6.51. The molecule has 38 heavy (non-hydrogen) atoms. The minimum Gasteiger partial charge on any atom is -0.444 e. The second-order valence-electron chi connectivity index (χ2n) is 11.0. The molecule has 1 aliphatic carbocycles. The monoisotopic (exact) mass is 542 g/mol. The summed E-state index contributed by atoms with van der Waals surface area (Å²) in [6, 6.07) is 2.69. The zero-order chi connectivity index (χ0) is 28.0. The molecule has 14 heteroatoms. The van der Waals surface area contributed by atoms with Crippen LogP contribution in [0.5, 0.6) is 0 Å². The lowest BCUT2D eigenvalue weighted by Gasteiger charge is -2.22. The standard InChI is InChI=1S/C24H33F3N6O5/c1-22(2,3)33-18(28-20(34)16-10-15(30-32(16)5)19(36-6)24(25,26)27)11-14(31-33)17-9-13(12-37-17)38-21(35)29-23(4)7-8-23/h10-11,13,17,19H,7-9,12H2,1-6H3,(H,28,34)(H,29,35)/t13-,17-,19?/m1/s1. The Labute approximate surface area is 218 Å². The van der Waals surface area contributed by atoms with Crippen molar-refractivity contribution in [1.29, 1.82) is 0 Å². The zero-order valence-corrected chi connectivity index (χ0v) is 22.2. The van der Waals surface area contributed by atoms with Gasteiger partial charge >= 0.3 is 12.3 Å². The van der Waals surface area contributed by atoms with Crippen molar-refractivity contribution in [3.63, 3.8) is 0 Å². The van der Waals surface area contributed by atoms with Gasteiger partial charge in [-0.05, 0) is 46.6 Å². The Morgan fingerprint density at radius 2 is 1.89 bits per heavy atom. The number of amides is 2. The van der Waals surface area contributed by atoms with Crippen LogP contribution in [0.4, 0.5) is 23.8 Å². The molecule has 1 unspecified atom stereocenters. The Balaban J connectivity index is 1.49. The second-order valence-corrected chi connectivity index (χ2v) is 11.0. The van der Waals surface area contributed by atoms with Crippen molar-refractivity contribution in [1.82, 2.24) is 24.9 Å². The number of carbonyl (C=O) groups excluding carboxylic acids is 2. The molecule has 2 fully saturated rings. The van der Waals surface area contributed by atoms with Crippen molar-refractivity contribution in [3.8, 4) is 0 Å². The number of alkyl halides is 3. The van der Waals surface area contributed by atoms with Crippen molar-refractivity contribution >= 4 is 17.8 Å². The van der Waals surface area contributed by atoms with E-state index >= 15 is 0 Å². The highest BCUT2D eigenvalue weighted by atomic mass is 19.4. The lowest BCUT2D eigenvalue weighted by molar-refractivity contribution is -0.217. The lowest BCUT2D eigenvalue weighted by Crippen LogP contribution is -2.37. The van der Waals surface area contributed by atoms with E-state index in [4.69, 9.17) is 9.47 Å². The number of methoxy groups -OCH3 is 1. The number of aromatic nitrogens is 4. The van der Waals surface area contributed by atoms with Gasteiger partial charge in [-0.3, -0.25) is 9.48 Å². The van der Waals surface area contributed by atoms with Crippen LogP contribution in [-0.2, 0) is 26.8 Å². The minimum atomic E-state index is -4.68. The van der Waals surface area contributed by atoms with Gasteiger partial charge in [0.05, 0.1) is 17.8 Å². The molecule has 0 aromatic carbocycles. The smallest absolute Gasteiger partial charge is 0.420 e. The maximum absolute atomic E-state index is 13.3. The topological polar surface area (TPSA) is 122 Å². The molecular weight excluding hydrogens is 509 g/mol. The molecule has 2 amide bonds. The van der Waals surface area contributed by atoms with Crippen LogP contribution in [0.3, 0.4) is 0 Å². The number of halogens is 3. The fourth-order valence-electron chi connectivity index (χ4n) is 4.22. The number of rotatable bonds is 7. The molecule has 11 nitrogen and oxygen atoms in total. The van der Waals surface area contributed by atoms with Gasteiger partial charge < -0.3 is 24.8 Å². The zero-order valence-electron chi connectivity index (χ0n) is 22.2. The van der Waals surface area contributed by atoms with E-state index in [1.165, 1.54) is 7.05 Å². The van der Waals surface area contributed by atoms with Crippen LogP contribution in [0.25, 0.3) is 0 Å². The molecule has 2 aromatic rings. The second kappa shape index (κ2) is 9.88. The summed E-state index contributed by atoms with van der Waals surface area (Å²) in [7, 11) is 2.30. The Morgan fingerprint density at radius 3 is 2.47 bits per heavy atom. The molecule has 4 rings (SSSR count). The van der Waals surface area contributed by atoms with E-state index in [2.05, 4.69) is 25.6 Å². The number of hydrogen-bond acceptors (Lipinski definition) is 7. The first-order chi connectivity index (χ1) is 17.6. The first kappa shape index (κ1) is 27.9.